The summed E-state index contributed by atoms with van der Waals surface area (Å²) in [5.41, 5.74) is 3.70. The number of aromatic nitrogens is 2. The maximum atomic E-state index is 9.26. The average Bonchev–Trinajstić information content (AvgIpc) is 2.87. The predicted molar refractivity (Wildman–Crippen MR) is 90.1 cm³/mol. The van der Waals surface area contributed by atoms with E-state index in [1.807, 2.05) is 44.3 Å². The zero-order valence-electron chi connectivity index (χ0n) is 12.5. The van der Waals surface area contributed by atoms with E-state index in [4.69, 9.17) is 11.6 Å². The summed E-state index contributed by atoms with van der Waals surface area (Å²) in [5.74, 6) is 0.937. The number of halogens is 1. The van der Waals surface area contributed by atoms with E-state index in [2.05, 4.69) is 20.9 Å². The van der Waals surface area contributed by atoms with Crippen LogP contribution in [0.1, 0.15) is 24.4 Å². The SMILES string of the molecule is CC(Nc1cc(CO)ccc1Cl)c1nc2ccccc2n1C. The summed E-state index contributed by atoms with van der Waals surface area (Å²) in [6.07, 6.45) is 0. The molecule has 0 saturated carbocycles. The van der Waals surface area contributed by atoms with Crippen LogP contribution in [0.4, 0.5) is 5.69 Å². The van der Waals surface area contributed by atoms with Crippen LogP contribution in [0.25, 0.3) is 11.0 Å². The molecule has 0 aliphatic carbocycles. The third-order valence-electron chi connectivity index (χ3n) is 3.79. The smallest absolute Gasteiger partial charge is 0.131 e. The fourth-order valence-electron chi connectivity index (χ4n) is 2.63. The van der Waals surface area contributed by atoms with Crippen molar-refractivity contribution < 1.29 is 5.11 Å². The van der Waals surface area contributed by atoms with Gasteiger partial charge in [0.1, 0.15) is 5.82 Å². The van der Waals surface area contributed by atoms with Gasteiger partial charge in [0.05, 0.1) is 34.4 Å². The van der Waals surface area contributed by atoms with E-state index >= 15 is 0 Å². The van der Waals surface area contributed by atoms with Crippen LogP contribution >= 0.6 is 11.6 Å². The molecule has 4 nitrogen and oxygen atoms in total. The van der Waals surface area contributed by atoms with Crippen molar-refractivity contribution in [2.45, 2.75) is 19.6 Å². The molecule has 0 aliphatic rings. The number of rotatable bonds is 4. The van der Waals surface area contributed by atoms with Crippen molar-refractivity contribution >= 4 is 28.3 Å². The molecule has 2 N–H and O–H groups in total. The predicted octanol–water partition coefficient (Wildman–Crippen LogP) is 3.89. The summed E-state index contributed by atoms with van der Waals surface area (Å²) in [5, 5.41) is 13.3. The lowest BCUT2D eigenvalue weighted by Crippen LogP contribution is -2.12. The second-order valence-electron chi connectivity index (χ2n) is 5.36. The van der Waals surface area contributed by atoms with Crippen molar-refractivity contribution in [3.8, 4) is 0 Å². The molecule has 2 aromatic carbocycles. The normalized spacial score (nSPS) is 12.5. The van der Waals surface area contributed by atoms with E-state index in [1.165, 1.54) is 0 Å². The minimum absolute atomic E-state index is 0.00742. The molecule has 3 aromatic rings. The van der Waals surface area contributed by atoms with Gasteiger partial charge in [0, 0.05) is 7.05 Å². The average molecular weight is 316 g/mol. The maximum absolute atomic E-state index is 9.26. The van der Waals surface area contributed by atoms with Crippen LogP contribution in [-0.2, 0) is 13.7 Å². The molecule has 1 atom stereocenters. The van der Waals surface area contributed by atoms with Gasteiger partial charge in [-0.15, -0.1) is 0 Å². The maximum Gasteiger partial charge on any atom is 0.131 e. The lowest BCUT2D eigenvalue weighted by molar-refractivity contribution is 0.282. The summed E-state index contributed by atoms with van der Waals surface area (Å²) in [6, 6.07) is 13.5. The molecular weight excluding hydrogens is 298 g/mol. The van der Waals surface area contributed by atoms with Gasteiger partial charge in [-0.3, -0.25) is 0 Å². The molecule has 0 aliphatic heterocycles. The third-order valence-corrected chi connectivity index (χ3v) is 4.12. The highest BCUT2D eigenvalue weighted by Gasteiger charge is 2.15. The molecule has 1 unspecified atom stereocenters. The Kier molecular flexibility index (Phi) is 4.05. The molecule has 5 heteroatoms. The van der Waals surface area contributed by atoms with Gasteiger partial charge in [-0.25, -0.2) is 4.98 Å². The number of nitrogens with one attached hydrogen (secondary N) is 1. The van der Waals surface area contributed by atoms with E-state index in [0.717, 1.165) is 28.1 Å². The van der Waals surface area contributed by atoms with E-state index in [-0.39, 0.29) is 12.6 Å². The van der Waals surface area contributed by atoms with E-state index in [9.17, 15) is 5.11 Å². The highest BCUT2D eigenvalue weighted by atomic mass is 35.5. The first-order valence-corrected chi connectivity index (χ1v) is 7.55. The van der Waals surface area contributed by atoms with Crippen LogP contribution in [0.5, 0.6) is 0 Å². The number of anilines is 1. The van der Waals surface area contributed by atoms with E-state index < -0.39 is 0 Å². The number of hydrogen-bond acceptors (Lipinski definition) is 3. The topological polar surface area (TPSA) is 50.1 Å². The van der Waals surface area contributed by atoms with Crippen molar-refractivity contribution in [1.29, 1.82) is 0 Å². The van der Waals surface area contributed by atoms with E-state index in [1.54, 1.807) is 6.07 Å². The number of aliphatic hydroxyl groups excluding tert-OH is 1. The van der Waals surface area contributed by atoms with Gasteiger partial charge in [-0.05, 0) is 36.8 Å². The van der Waals surface area contributed by atoms with Crippen LogP contribution in [0.3, 0.4) is 0 Å². The second-order valence-corrected chi connectivity index (χ2v) is 5.76. The zero-order chi connectivity index (χ0) is 15.7. The summed E-state index contributed by atoms with van der Waals surface area (Å²) in [7, 11) is 2.01. The fourth-order valence-corrected chi connectivity index (χ4v) is 2.80. The van der Waals surface area contributed by atoms with Gasteiger partial charge in [-0.2, -0.15) is 0 Å². The van der Waals surface area contributed by atoms with Crippen molar-refractivity contribution in [1.82, 2.24) is 9.55 Å². The van der Waals surface area contributed by atoms with Gasteiger partial charge in [0.15, 0.2) is 0 Å². The van der Waals surface area contributed by atoms with E-state index in [0.29, 0.717) is 5.02 Å². The van der Waals surface area contributed by atoms with Gasteiger partial charge in [0.2, 0.25) is 0 Å². The fraction of sp³-hybridized carbons (Fsp3) is 0.235. The number of hydrogen-bond donors (Lipinski definition) is 2. The molecule has 1 aromatic heterocycles. The van der Waals surface area contributed by atoms with Crippen molar-refractivity contribution in [3.63, 3.8) is 0 Å². The Morgan fingerprint density at radius 3 is 2.77 bits per heavy atom. The Morgan fingerprint density at radius 2 is 2.05 bits per heavy atom. The summed E-state index contributed by atoms with van der Waals surface area (Å²) in [6.45, 7) is 2.04. The van der Waals surface area contributed by atoms with Gasteiger partial charge in [0.25, 0.3) is 0 Å². The van der Waals surface area contributed by atoms with Crippen molar-refractivity contribution in [3.05, 3.63) is 58.9 Å². The largest absolute Gasteiger partial charge is 0.392 e. The third kappa shape index (κ3) is 2.67. The lowest BCUT2D eigenvalue weighted by atomic mass is 10.2. The molecule has 0 amide bonds. The van der Waals surface area contributed by atoms with Crippen molar-refractivity contribution in [2.75, 3.05) is 5.32 Å². The van der Waals surface area contributed by atoms with Crippen LogP contribution in [0.2, 0.25) is 5.02 Å². The Balaban J connectivity index is 1.93. The van der Waals surface area contributed by atoms with Crippen LogP contribution in [0, 0.1) is 0 Å². The number of fused-ring (bicyclic) bond motifs is 1. The minimum Gasteiger partial charge on any atom is -0.392 e. The number of benzene rings is 2. The molecule has 0 fully saturated rings. The summed E-state index contributed by atoms with van der Waals surface area (Å²) < 4.78 is 2.08. The van der Waals surface area contributed by atoms with Crippen molar-refractivity contribution in [2.24, 2.45) is 7.05 Å². The first-order chi connectivity index (χ1) is 10.6. The van der Waals surface area contributed by atoms with Crippen LogP contribution in [0.15, 0.2) is 42.5 Å². The monoisotopic (exact) mass is 315 g/mol. The molecule has 0 radical (unpaired) electrons. The minimum atomic E-state index is -0.0103. The summed E-state index contributed by atoms with van der Waals surface area (Å²) in [4.78, 5) is 4.69. The number of aliphatic hydroxyl groups is 1. The Bertz CT molecular complexity index is 813. The van der Waals surface area contributed by atoms with Gasteiger partial charge >= 0.3 is 0 Å². The lowest BCUT2D eigenvalue weighted by Gasteiger charge is -2.17. The highest BCUT2D eigenvalue weighted by molar-refractivity contribution is 6.33. The molecular formula is C17H18ClN3O. The number of nitrogens with zero attached hydrogens (tertiary/aromatic N) is 2. The summed E-state index contributed by atoms with van der Waals surface area (Å²) >= 11 is 6.23. The Labute approximate surface area is 134 Å². The molecule has 1 heterocycles. The molecule has 0 spiro atoms. The zero-order valence-corrected chi connectivity index (χ0v) is 13.3. The Hall–Kier alpha value is -2.04. The highest BCUT2D eigenvalue weighted by Crippen LogP contribution is 2.28. The van der Waals surface area contributed by atoms with Gasteiger partial charge in [-0.1, -0.05) is 29.8 Å². The molecule has 0 bridgehead atoms. The number of para-hydroxylation sites is 2. The molecule has 3 rings (SSSR count). The molecule has 0 saturated heterocycles. The van der Waals surface area contributed by atoms with Crippen LogP contribution in [-0.4, -0.2) is 14.7 Å². The quantitative estimate of drug-likeness (QED) is 0.768. The number of imidazole rings is 1. The first kappa shape index (κ1) is 14.9. The first-order valence-electron chi connectivity index (χ1n) is 7.17. The molecule has 114 valence electrons. The van der Waals surface area contributed by atoms with Gasteiger partial charge < -0.3 is 15.0 Å². The van der Waals surface area contributed by atoms with Crippen LogP contribution < -0.4 is 5.32 Å². The standard InChI is InChI=1S/C17H18ClN3O/c1-11(19-15-9-12(10-22)7-8-13(15)18)17-20-14-5-3-4-6-16(14)21(17)2/h3-9,11,19,22H,10H2,1-2H3. The molecule has 22 heavy (non-hydrogen) atoms. The number of aryl methyl sites for hydroxylation is 1. The second kappa shape index (κ2) is 5.99. The Morgan fingerprint density at radius 1 is 1.27 bits per heavy atom.